The summed E-state index contributed by atoms with van der Waals surface area (Å²) in [6, 6.07) is 0. The normalized spacial score (nSPS) is 13.4. The molecule has 3 heteroatoms. The molecule has 0 bridgehead atoms. The molecule has 11 heavy (non-hydrogen) atoms. The van der Waals surface area contributed by atoms with E-state index >= 15 is 0 Å². The Labute approximate surface area is 68.6 Å². The maximum Gasteiger partial charge on any atom is 0.104 e. The lowest BCUT2D eigenvalue weighted by molar-refractivity contribution is -0.0174. The van der Waals surface area contributed by atoms with Gasteiger partial charge < -0.3 is 14.2 Å². The van der Waals surface area contributed by atoms with E-state index in [1.54, 1.807) is 20.8 Å². The van der Waals surface area contributed by atoms with Gasteiger partial charge in [0.05, 0.1) is 19.8 Å². The molecule has 3 nitrogen and oxygen atoms in total. The highest BCUT2D eigenvalue weighted by Gasteiger charge is 2.05. The molecule has 0 saturated heterocycles. The van der Waals surface area contributed by atoms with Gasteiger partial charge in [0, 0.05) is 14.2 Å². The maximum atomic E-state index is 5.16. The third-order valence-corrected chi connectivity index (χ3v) is 1.25. The largest absolute Gasteiger partial charge is 0.382 e. The van der Waals surface area contributed by atoms with Gasteiger partial charge >= 0.3 is 0 Å². The Morgan fingerprint density at radius 1 is 1.27 bits per heavy atom. The summed E-state index contributed by atoms with van der Waals surface area (Å²) < 4.78 is 15.1. The van der Waals surface area contributed by atoms with Crippen LogP contribution in [0.1, 0.15) is 13.3 Å². The Morgan fingerprint density at radius 3 is 2.45 bits per heavy atom. The molecule has 0 aliphatic rings. The number of methoxy groups -OCH3 is 2. The van der Waals surface area contributed by atoms with Gasteiger partial charge in [-0.1, -0.05) is 6.92 Å². The molecule has 1 unspecified atom stereocenters. The first-order chi connectivity index (χ1) is 5.35. The van der Waals surface area contributed by atoms with Gasteiger partial charge in [0.1, 0.15) is 6.10 Å². The van der Waals surface area contributed by atoms with E-state index in [4.69, 9.17) is 14.2 Å². The van der Waals surface area contributed by atoms with E-state index in [1.807, 2.05) is 6.92 Å². The Balaban J connectivity index is 3.20. The maximum absolute atomic E-state index is 5.16. The first-order valence-electron chi connectivity index (χ1n) is 3.80. The van der Waals surface area contributed by atoms with Crippen LogP contribution in [0.3, 0.4) is 0 Å². The van der Waals surface area contributed by atoms with Crippen LogP contribution in [-0.2, 0) is 14.2 Å². The quantitative estimate of drug-likeness (QED) is 0.526. The molecule has 0 aromatic heterocycles. The van der Waals surface area contributed by atoms with Crippen LogP contribution in [-0.4, -0.2) is 33.5 Å². The first-order valence-corrected chi connectivity index (χ1v) is 3.80. The molecule has 0 aromatic rings. The second-order valence-corrected chi connectivity index (χ2v) is 2.22. The average Bonchev–Trinajstić information content (AvgIpc) is 2.03. The summed E-state index contributed by atoms with van der Waals surface area (Å²) in [6.45, 7) is 4.94. The van der Waals surface area contributed by atoms with E-state index in [1.165, 1.54) is 0 Å². The van der Waals surface area contributed by atoms with Gasteiger partial charge in [-0.3, -0.25) is 0 Å². The van der Waals surface area contributed by atoms with Crippen LogP contribution in [0.4, 0.5) is 0 Å². The first kappa shape index (κ1) is 10.9. The van der Waals surface area contributed by atoms with Crippen LogP contribution in [0, 0.1) is 6.61 Å². The van der Waals surface area contributed by atoms with Crippen molar-refractivity contribution in [2.24, 2.45) is 0 Å². The van der Waals surface area contributed by atoms with E-state index in [2.05, 4.69) is 0 Å². The van der Waals surface area contributed by atoms with E-state index in [9.17, 15) is 0 Å². The highest BCUT2D eigenvalue weighted by atomic mass is 16.5. The van der Waals surface area contributed by atoms with Crippen LogP contribution < -0.4 is 0 Å². The topological polar surface area (TPSA) is 27.7 Å². The molecule has 0 rings (SSSR count). The van der Waals surface area contributed by atoms with Crippen LogP contribution >= 0.6 is 0 Å². The molecule has 0 heterocycles. The van der Waals surface area contributed by atoms with Crippen LogP contribution in [0.15, 0.2) is 0 Å². The van der Waals surface area contributed by atoms with Crippen molar-refractivity contribution in [1.82, 2.24) is 0 Å². The minimum absolute atomic E-state index is 0.0443. The standard InChI is InChI=1S/C8H17O3/c1-4-5-11-7-8(10-3)6-9-2/h5,8H,4,6-7H2,1-3H3. The van der Waals surface area contributed by atoms with Gasteiger partial charge in [0.15, 0.2) is 0 Å². The molecular weight excluding hydrogens is 144 g/mol. The molecule has 0 N–H and O–H groups in total. The van der Waals surface area contributed by atoms with Crippen molar-refractivity contribution in [1.29, 1.82) is 0 Å². The fourth-order valence-electron chi connectivity index (χ4n) is 0.663. The fraction of sp³-hybridized carbons (Fsp3) is 0.875. The summed E-state index contributed by atoms with van der Waals surface area (Å²) in [5.74, 6) is 0. The van der Waals surface area contributed by atoms with Gasteiger partial charge in [-0.15, -0.1) is 0 Å². The molecular formula is C8H17O3. The molecule has 0 saturated carbocycles. The number of ether oxygens (including phenoxy) is 3. The van der Waals surface area contributed by atoms with Crippen molar-refractivity contribution < 1.29 is 14.2 Å². The van der Waals surface area contributed by atoms with Gasteiger partial charge in [-0.25, -0.2) is 0 Å². The Kier molecular flexibility index (Phi) is 7.89. The predicted octanol–water partition coefficient (Wildman–Crippen LogP) is 1.24. The zero-order chi connectivity index (χ0) is 8.53. The smallest absolute Gasteiger partial charge is 0.104 e. The van der Waals surface area contributed by atoms with E-state index in [0.717, 1.165) is 6.42 Å². The third-order valence-electron chi connectivity index (χ3n) is 1.25. The van der Waals surface area contributed by atoms with Gasteiger partial charge in [0.2, 0.25) is 0 Å². The SMILES string of the molecule is CC[CH]OCC(COC)OC. The predicted molar refractivity (Wildman–Crippen MR) is 43.2 cm³/mol. The average molecular weight is 161 g/mol. The summed E-state index contributed by atoms with van der Waals surface area (Å²) in [5, 5.41) is 0. The van der Waals surface area contributed by atoms with Crippen molar-refractivity contribution in [2.75, 3.05) is 27.4 Å². The van der Waals surface area contributed by atoms with Crippen molar-refractivity contribution in [2.45, 2.75) is 19.4 Å². The number of hydrogen-bond acceptors (Lipinski definition) is 3. The van der Waals surface area contributed by atoms with Crippen LogP contribution in [0.2, 0.25) is 0 Å². The Morgan fingerprint density at radius 2 is 2.00 bits per heavy atom. The lowest BCUT2D eigenvalue weighted by Gasteiger charge is -2.13. The zero-order valence-corrected chi connectivity index (χ0v) is 7.50. The second-order valence-electron chi connectivity index (χ2n) is 2.22. The molecule has 1 radical (unpaired) electrons. The molecule has 0 aliphatic heterocycles. The highest BCUT2D eigenvalue weighted by molar-refractivity contribution is 4.55. The molecule has 67 valence electrons. The fourth-order valence-corrected chi connectivity index (χ4v) is 0.663. The monoisotopic (exact) mass is 161 g/mol. The Bertz CT molecular complexity index is 75.7. The Hall–Kier alpha value is -0.120. The van der Waals surface area contributed by atoms with Crippen molar-refractivity contribution in [3.8, 4) is 0 Å². The van der Waals surface area contributed by atoms with Crippen molar-refractivity contribution >= 4 is 0 Å². The van der Waals surface area contributed by atoms with Crippen molar-refractivity contribution in [3.05, 3.63) is 6.61 Å². The molecule has 1 atom stereocenters. The minimum Gasteiger partial charge on any atom is -0.382 e. The van der Waals surface area contributed by atoms with Gasteiger partial charge in [0.25, 0.3) is 0 Å². The second kappa shape index (κ2) is 7.98. The molecule has 0 amide bonds. The molecule has 0 fully saturated rings. The number of hydrogen-bond donors (Lipinski definition) is 0. The lowest BCUT2D eigenvalue weighted by Crippen LogP contribution is -2.22. The van der Waals surface area contributed by atoms with Crippen molar-refractivity contribution in [3.63, 3.8) is 0 Å². The summed E-state index contributed by atoms with van der Waals surface area (Å²) in [6.07, 6.45) is 0.964. The van der Waals surface area contributed by atoms with Gasteiger partial charge in [-0.2, -0.15) is 0 Å². The highest BCUT2D eigenvalue weighted by Crippen LogP contribution is 1.95. The van der Waals surface area contributed by atoms with E-state index < -0.39 is 0 Å². The summed E-state index contributed by atoms with van der Waals surface area (Å²) >= 11 is 0. The summed E-state index contributed by atoms with van der Waals surface area (Å²) in [7, 11) is 3.30. The third kappa shape index (κ3) is 6.28. The molecule has 0 aromatic carbocycles. The van der Waals surface area contributed by atoms with E-state index in [0.29, 0.717) is 13.2 Å². The lowest BCUT2D eigenvalue weighted by atomic mass is 10.4. The van der Waals surface area contributed by atoms with Crippen LogP contribution in [0.5, 0.6) is 0 Å². The summed E-state index contributed by atoms with van der Waals surface area (Å²) in [4.78, 5) is 0. The minimum atomic E-state index is 0.0443. The van der Waals surface area contributed by atoms with Gasteiger partial charge in [-0.05, 0) is 6.42 Å². The molecule has 0 aliphatic carbocycles. The molecule has 0 spiro atoms. The zero-order valence-electron chi connectivity index (χ0n) is 7.50. The van der Waals surface area contributed by atoms with Crippen LogP contribution in [0.25, 0.3) is 0 Å². The summed E-state index contributed by atoms with van der Waals surface area (Å²) in [5.41, 5.74) is 0. The van der Waals surface area contributed by atoms with E-state index in [-0.39, 0.29) is 6.10 Å². The number of rotatable bonds is 7.